The fourth-order valence-electron chi connectivity index (χ4n) is 1.21. The van der Waals surface area contributed by atoms with E-state index in [1.54, 1.807) is 0 Å². The second-order valence-corrected chi connectivity index (χ2v) is 4.17. The molecule has 0 aliphatic rings. The van der Waals surface area contributed by atoms with Crippen molar-refractivity contribution < 1.29 is 9.53 Å². The van der Waals surface area contributed by atoms with Crippen molar-refractivity contribution in [1.82, 2.24) is 0 Å². The number of ether oxygens (including phenoxy) is 1. The van der Waals surface area contributed by atoms with Gasteiger partial charge >= 0.3 is 0 Å². The molecule has 0 bridgehead atoms. The van der Waals surface area contributed by atoms with Gasteiger partial charge in [-0.05, 0) is 23.9 Å². The van der Waals surface area contributed by atoms with Crippen LogP contribution in [-0.4, -0.2) is 12.4 Å². The lowest BCUT2D eigenvalue weighted by atomic mass is 10.2. The minimum atomic E-state index is 0.172. The number of rotatable bonds is 6. The average Bonchev–Trinajstić information content (AvgIpc) is 2.23. The van der Waals surface area contributed by atoms with Crippen LogP contribution in [0.3, 0.4) is 0 Å². The van der Waals surface area contributed by atoms with Crippen molar-refractivity contribution in [2.45, 2.75) is 26.2 Å². The summed E-state index contributed by atoms with van der Waals surface area (Å²) in [6, 6.07) is 7.64. The molecule has 1 atom stereocenters. The lowest BCUT2D eigenvalue weighted by Crippen LogP contribution is -2.11. The van der Waals surface area contributed by atoms with Crippen molar-refractivity contribution in [3.8, 4) is 5.75 Å². The third kappa shape index (κ3) is 4.94. The maximum Gasteiger partial charge on any atom is 0.170 e. The number of unbranched alkanes of at least 4 members (excludes halogenated alkanes) is 1. The zero-order valence-electron chi connectivity index (χ0n) is 9.03. The molecular weight excluding hydrogens is 207 g/mol. The summed E-state index contributed by atoms with van der Waals surface area (Å²) in [6.07, 6.45) is 2.62. The molecule has 0 aromatic heterocycles. The summed E-state index contributed by atoms with van der Waals surface area (Å²) >= 11 is 0. The fraction of sp³-hybridized carbons (Fsp3) is 0.417. The molecule has 0 aliphatic carbocycles. The minimum Gasteiger partial charge on any atom is -0.486 e. The Morgan fingerprint density at radius 1 is 1.47 bits per heavy atom. The molecule has 3 heteroatoms. The quantitative estimate of drug-likeness (QED) is 0.693. The zero-order chi connectivity index (χ0) is 11.1. The predicted molar refractivity (Wildman–Crippen MR) is 65.8 cm³/mol. The van der Waals surface area contributed by atoms with Crippen LogP contribution in [0.15, 0.2) is 24.3 Å². The Kier molecular flexibility index (Phi) is 5.34. The molecule has 0 aliphatic heterocycles. The number of hydrogen-bond donors (Lipinski definition) is 0. The molecule has 0 radical (unpaired) electrons. The molecule has 1 aromatic rings. The van der Waals surface area contributed by atoms with E-state index >= 15 is 0 Å². The van der Waals surface area contributed by atoms with E-state index in [0.29, 0.717) is 6.42 Å². The Bertz CT molecular complexity index is 323. The number of carbonyl (C=O) groups is 1. The van der Waals surface area contributed by atoms with Crippen LogP contribution in [0.25, 0.3) is 0 Å². The summed E-state index contributed by atoms with van der Waals surface area (Å²) in [6.45, 7) is 2.26. The SMILES string of the molecule is CCCCC(=O)COc1cccc(P)c1. The second kappa shape index (κ2) is 6.58. The highest BCUT2D eigenvalue weighted by molar-refractivity contribution is 7.27. The normalized spacial score (nSPS) is 10.0. The lowest BCUT2D eigenvalue weighted by molar-refractivity contribution is -0.121. The molecule has 15 heavy (non-hydrogen) atoms. The molecule has 0 N–H and O–H groups in total. The molecule has 0 saturated heterocycles. The van der Waals surface area contributed by atoms with E-state index in [4.69, 9.17) is 4.74 Å². The average molecular weight is 224 g/mol. The topological polar surface area (TPSA) is 26.3 Å². The highest BCUT2D eigenvalue weighted by atomic mass is 31.0. The number of hydrogen-bond acceptors (Lipinski definition) is 2. The van der Waals surface area contributed by atoms with Gasteiger partial charge in [0.1, 0.15) is 12.4 Å². The van der Waals surface area contributed by atoms with Gasteiger partial charge in [0.25, 0.3) is 0 Å². The Hall–Kier alpha value is -0.880. The van der Waals surface area contributed by atoms with E-state index in [-0.39, 0.29) is 12.4 Å². The molecule has 82 valence electrons. The van der Waals surface area contributed by atoms with Gasteiger partial charge in [0.05, 0.1) is 0 Å². The number of Topliss-reactive ketones (excluding diaryl/α,β-unsaturated/α-hetero) is 1. The van der Waals surface area contributed by atoms with Crippen LogP contribution in [0.5, 0.6) is 5.75 Å². The maximum absolute atomic E-state index is 11.3. The van der Waals surface area contributed by atoms with Crippen LogP contribution >= 0.6 is 9.24 Å². The first-order valence-corrected chi connectivity index (χ1v) is 5.80. The third-order valence-electron chi connectivity index (χ3n) is 2.07. The Morgan fingerprint density at radius 3 is 2.93 bits per heavy atom. The number of ketones is 1. The van der Waals surface area contributed by atoms with Crippen LogP contribution in [-0.2, 0) is 4.79 Å². The predicted octanol–water partition coefficient (Wildman–Crippen LogP) is 2.33. The van der Waals surface area contributed by atoms with Gasteiger partial charge in [-0.2, -0.15) is 0 Å². The molecule has 2 nitrogen and oxygen atoms in total. The summed E-state index contributed by atoms with van der Waals surface area (Å²) < 4.78 is 5.38. The third-order valence-corrected chi connectivity index (χ3v) is 2.43. The van der Waals surface area contributed by atoms with Crippen molar-refractivity contribution in [1.29, 1.82) is 0 Å². The van der Waals surface area contributed by atoms with E-state index in [2.05, 4.69) is 16.2 Å². The molecule has 0 heterocycles. The molecular formula is C12H17O2P. The first kappa shape index (κ1) is 12.2. The van der Waals surface area contributed by atoms with Gasteiger partial charge in [0.2, 0.25) is 0 Å². The van der Waals surface area contributed by atoms with Crippen molar-refractivity contribution in [3.05, 3.63) is 24.3 Å². The lowest BCUT2D eigenvalue weighted by Gasteiger charge is -2.05. The van der Waals surface area contributed by atoms with Crippen LogP contribution < -0.4 is 10.0 Å². The smallest absolute Gasteiger partial charge is 0.170 e. The van der Waals surface area contributed by atoms with Crippen molar-refractivity contribution >= 4 is 20.3 Å². The number of benzene rings is 1. The van der Waals surface area contributed by atoms with Gasteiger partial charge in [0.15, 0.2) is 5.78 Å². The van der Waals surface area contributed by atoms with Crippen LogP contribution in [0, 0.1) is 0 Å². The molecule has 1 aromatic carbocycles. The maximum atomic E-state index is 11.3. The highest BCUT2D eigenvalue weighted by Gasteiger charge is 2.02. The summed E-state index contributed by atoms with van der Waals surface area (Å²) in [5.41, 5.74) is 0. The van der Waals surface area contributed by atoms with Crippen molar-refractivity contribution in [3.63, 3.8) is 0 Å². The van der Waals surface area contributed by atoms with Gasteiger partial charge in [-0.1, -0.05) is 25.5 Å². The van der Waals surface area contributed by atoms with Crippen molar-refractivity contribution in [2.75, 3.05) is 6.61 Å². The monoisotopic (exact) mass is 224 g/mol. The molecule has 0 fully saturated rings. The van der Waals surface area contributed by atoms with Crippen LogP contribution in [0.4, 0.5) is 0 Å². The molecule has 1 unspecified atom stereocenters. The van der Waals surface area contributed by atoms with Gasteiger partial charge < -0.3 is 4.74 Å². The van der Waals surface area contributed by atoms with Gasteiger partial charge in [-0.3, -0.25) is 4.79 Å². The summed E-state index contributed by atoms with van der Waals surface area (Å²) in [4.78, 5) is 11.3. The summed E-state index contributed by atoms with van der Waals surface area (Å²) in [7, 11) is 2.60. The molecule has 0 saturated carbocycles. The van der Waals surface area contributed by atoms with Crippen molar-refractivity contribution in [2.24, 2.45) is 0 Å². The van der Waals surface area contributed by atoms with E-state index in [1.807, 2.05) is 24.3 Å². The first-order valence-electron chi connectivity index (χ1n) is 5.22. The first-order chi connectivity index (χ1) is 7.22. The van der Waals surface area contributed by atoms with Gasteiger partial charge in [0, 0.05) is 6.42 Å². The Labute approximate surface area is 93.2 Å². The van der Waals surface area contributed by atoms with Crippen LogP contribution in [0.2, 0.25) is 0 Å². The van der Waals surface area contributed by atoms with E-state index in [1.165, 1.54) is 0 Å². The highest BCUT2D eigenvalue weighted by Crippen LogP contribution is 2.09. The van der Waals surface area contributed by atoms with Gasteiger partial charge in [-0.15, -0.1) is 9.24 Å². The van der Waals surface area contributed by atoms with Crippen LogP contribution in [0.1, 0.15) is 26.2 Å². The van der Waals surface area contributed by atoms with E-state index in [9.17, 15) is 4.79 Å². The molecule has 1 rings (SSSR count). The second-order valence-electron chi connectivity index (χ2n) is 3.50. The largest absolute Gasteiger partial charge is 0.486 e. The van der Waals surface area contributed by atoms with Gasteiger partial charge in [-0.25, -0.2) is 0 Å². The standard InChI is InChI=1S/C12H17O2P/c1-2-3-5-10(13)9-14-11-6-4-7-12(15)8-11/h4,6-8H,2-3,5,9,15H2,1H3. The summed E-state index contributed by atoms with van der Waals surface area (Å²) in [5.74, 6) is 0.929. The van der Waals surface area contributed by atoms with E-state index < -0.39 is 0 Å². The molecule has 0 amide bonds. The Balaban J connectivity index is 2.33. The Morgan fingerprint density at radius 2 is 2.27 bits per heavy atom. The van der Waals surface area contributed by atoms with E-state index in [0.717, 1.165) is 23.9 Å². The molecule has 0 spiro atoms. The minimum absolute atomic E-state index is 0.172. The zero-order valence-corrected chi connectivity index (χ0v) is 10.2. The fourth-order valence-corrected chi connectivity index (χ4v) is 1.49. The number of carbonyl (C=O) groups excluding carboxylic acids is 1. The summed E-state index contributed by atoms with van der Waals surface area (Å²) in [5, 5.41) is 1.06.